The van der Waals surface area contributed by atoms with Gasteiger partial charge in [0, 0.05) is 39.7 Å². The van der Waals surface area contributed by atoms with E-state index in [2.05, 4.69) is 124 Å². The highest BCUT2D eigenvalue weighted by molar-refractivity contribution is 6.13. The molecule has 37 heavy (non-hydrogen) atoms. The Morgan fingerprint density at radius 2 is 1.46 bits per heavy atom. The molecule has 3 aromatic carbocycles. The number of rotatable bonds is 3. The Bertz CT molecular complexity index is 1790. The molecule has 0 saturated carbocycles. The van der Waals surface area contributed by atoms with Crippen LogP contribution in [-0.4, -0.2) is 14.4 Å². The van der Waals surface area contributed by atoms with E-state index < -0.39 is 5.41 Å². The van der Waals surface area contributed by atoms with E-state index in [9.17, 15) is 0 Å². The zero-order chi connectivity index (χ0) is 25.6. The van der Waals surface area contributed by atoms with Crippen LogP contribution in [0.2, 0.25) is 0 Å². The molecular formula is C34H31N3. The Kier molecular flexibility index (Phi) is 4.38. The van der Waals surface area contributed by atoms with Crippen molar-refractivity contribution in [1.82, 2.24) is 14.4 Å². The lowest BCUT2D eigenvalue weighted by Crippen LogP contribution is -2.44. The minimum absolute atomic E-state index is 0.0199. The van der Waals surface area contributed by atoms with Crippen LogP contribution in [0.1, 0.15) is 62.7 Å². The highest BCUT2D eigenvalue weighted by Gasteiger charge is 2.46. The third-order valence-corrected chi connectivity index (χ3v) is 9.55. The van der Waals surface area contributed by atoms with Crippen LogP contribution in [0, 0.1) is 0 Å². The average Bonchev–Trinajstić information content (AvgIpc) is 3.39. The number of aromatic nitrogens is 3. The second-order valence-electron chi connectivity index (χ2n) is 11.7. The van der Waals surface area contributed by atoms with Gasteiger partial charge in [0.2, 0.25) is 0 Å². The van der Waals surface area contributed by atoms with Gasteiger partial charge in [-0.2, -0.15) is 0 Å². The third-order valence-electron chi connectivity index (χ3n) is 9.55. The number of hydrogen-bond donors (Lipinski definition) is 0. The van der Waals surface area contributed by atoms with Crippen molar-refractivity contribution in [2.45, 2.75) is 50.9 Å². The lowest BCUT2D eigenvalue weighted by Gasteiger charge is -2.45. The molecular weight excluding hydrogens is 450 g/mol. The van der Waals surface area contributed by atoms with E-state index in [1.807, 2.05) is 12.3 Å². The molecule has 182 valence electrons. The maximum atomic E-state index is 5.08. The molecule has 0 bridgehead atoms. The minimum atomic E-state index is -0.405. The van der Waals surface area contributed by atoms with Crippen LogP contribution >= 0.6 is 0 Å². The molecule has 1 unspecified atom stereocenters. The van der Waals surface area contributed by atoms with Gasteiger partial charge in [0.25, 0.3) is 0 Å². The minimum Gasteiger partial charge on any atom is -0.295 e. The first-order valence-electron chi connectivity index (χ1n) is 13.1. The van der Waals surface area contributed by atoms with Gasteiger partial charge in [0.05, 0.1) is 16.6 Å². The second kappa shape index (κ2) is 7.29. The zero-order valence-corrected chi connectivity index (χ0v) is 22.1. The predicted octanol–water partition coefficient (Wildman–Crippen LogP) is 7.96. The summed E-state index contributed by atoms with van der Waals surface area (Å²) in [6, 6.07) is 30.6. The SMILES string of the molecule is CC(c1ccccc1)(c1ccc2c(c1)c1ncc3n1c1c(cccc21)C(C)(C)C3(C)C)c1ccccn1. The first-order valence-corrected chi connectivity index (χ1v) is 13.1. The lowest BCUT2D eigenvalue weighted by atomic mass is 9.61. The standard InChI is InChI=1S/C34H31N3/c1-32(2)27-15-11-14-25-24-18-17-23(20-26(24)31-36-21-29(33(32,3)4)37(31)30(25)27)34(5,22-12-7-6-8-13-22)28-16-9-10-19-35-28/h6-21H,1-5H3. The van der Waals surface area contributed by atoms with Gasteiger partial charge in [-0.1, -0.05) is 94.4 Å². The maximum Gasteiger partial charge on any atom is 0.145 e. The Hall–Kier alpha value is -3.98. The Morgan fingerprint density at radius 1 is 0.676 bits per heavy atom. The van der Waals surface area contributed by atoms with Gasteiger partial charge in [0.1, 0.15) is 5.65 Å². The van der Waals surface area contributed by atoms with E-state index in [4.69, 9.17) is 9.97 Å². The van der Waals surface area contributed by atoms with E-state index in [0.717, 1.165) is 11.3 Å². The smallest absolute Gasteiger partial charge is 0.145 e. The quantitative estimate of drug-likeness (QED) is 0.240. The molecule has 0 spiro atoms. The van der Waals surface area contributed by atoms with E-state index in [1.165, 1.54) is 44.1 Å². The summed E-state index contributed by atoms with van der Waals surface area (Å²) in [5, 5.41) is 3.72. The number of benzene rings is 3. The topological polar surface area (TPSA) is 30.2 Å². The van der Waals surface area contributed by atoms with Crippen LogP contribution < -0.4 is 0 Å². The molecule has 1 atom stereocenters. The fourth-order valence-corrected chi connectivity index (χ4v) is 6.54. The molecule has 3 aromatic heterocycles. The molecule has 0 saturated heterocycles. The van der Waals surface area contributed by atoms with Gasteiger partial charge < -0.3 is 0 Å². The van der Waals surface area contributed by atoms with Crippen molar-refractivity contribution in [3.8, 4) is 0 Å². The highest BCUT2D eigenvalue weighted by Crippen LogP contribution is 2.51. The number of pyridine rings is 2. The summed E-state index contributed by atoms with van der Waals surface area (Å²) in [4.78, 5) is 9.91. The fourth-order valence-electron chi connectivity index (χ4n) is 6.54. The number of imidazole rings is 1. The van der Waals surface area contributed by atoms with E-state index in [1.54, 1.807) is 0 Å². The first-order chi connectivity index (χ1) is 17.8. The summed E-state index contributed by atoms with van der Waals surface area (Å²) >= 11 is 0. The van der Waals surface area contributed by atoms with Crippen molar-refractivity contribution in [2.24, 2.45) is 0 Å². The van der Waals surface area contributed by atoms with E-state index in [-0.39, 0.29) is 10.8 Å². The molecule has 1 aliphatic heterocycles. The number of fused-ring (bicyclic) bond motifs is 3. The van der Waals surface area contributed by atoms with Crippen LogP contribution in [-0.2, 0) is 16.2 Å². The van der Waals surface area contributed by atoms with Crippen LogP contribution in [0.4, 0.5) is 0 Å². The number of nitrogens with zero attached hydrogens (tertiary/aromatic N) is 3. The normalized spacial score (nSPS) is 17.4. The first kappa shape index (κ1) is 22.2. The van der Waals surface area contributed by atoms with Gasteiger partial charge in [-0.15, -0.1) is 0 Å². The molecule has 4 heterocycles. The van der Waals surface area contributed by atoms with Crippen molar-refractivity contribution < 1.29 is 0 Å². The molecule has 0 N–H and O–H groups in total. The summed E-state index contributed by atoms with van der Waals surface area (Å²) in [5.74, 6) is 0. The largest absolute Gasteiger partial charge is 0.295 e. The highest BCUT2D eigenvalue weighted by atomic mass is 15.0. The lowest BCUT2D eigenvalue weighted by molar-refractivity contribution is 0.288. The summed E-state index contributed by atoms with van der Waals surface area (Å²) < 4.78 is 2.43. The van der Waals surface area contributed by atoms with Gasteiger partial charge in [-0.3, -0.25) is 9.38 Å². The molecule has 0 radical (unpaired) electrons. The second-order valence-corrected chi connectivity index (χ2v) is 11.7. The van der Waals surface area contributed by atoms with Crippen molar-refractivity contribution in [2.75, 3.05) is 0 Å². The fraction of sp³-hybridized carbons (Fsp3) is 0.235. The number of para-hydroxylation sites is 1. The average molecular weight is 482 g/mol. The van der Waals surface area contributed by atoms with Crippen LogP contribution in [0.5, 0.6) is 0 Å². The summed E-state index contributed by atoms with van der Waals surface area (Å²) in [6.45, 7) is 11.7. The molecule has 0 amide bonds. The monoisotopic (exact) mass is 481 g/mol. The van der Waals surface area contributed by atoms with Crippen LogP contribution in [0.15, 0.2) is 97.3 Å². The summed E-state index contributed by atoms with van der Waals surface area (Å²) in [7, 11) is 0. The Labute approximate surface area is 217 Å². The summed E-state index contributed by atoms with van der Waals surface area (Å²) in [6.07, 6.45) is 4.00. The van der Waals surface area contributed by atoms with Crippen molar-refractivity contribution in [1.29, 1.82) is 0 Å². The van der Waals surface area contributed by atoms with Gasteiger partial charge in [0.15, 0.2) is 0 Å². The van der Waals surface area contributed by atoms with E-state index >= 15 is 0 Å². The molecule has 3 nitrogen and oxygen atoms in total. The van der Waals surface area contributed by atoms with Crippen molar-refractivity contribution >= 4 is 27.3 Å². The summed E-state index contributed by atoms with van der Waals surface area (Å²) in [5.41, 5.74) is 7.98. The van der Waals surface area contributed by atoms with Crippen LogP contribution in [0.3, 0.4) is 0 Å². The Morgan fingerprint density at radius 3 is 2.22 bits per heavy atom. The van der Waals surface area contributed by atoms with Crippen molar-refractivity contribution in [3.05, 3.63) is 125 Å². The van der Waals surface area contributed by atoms with Gasteiger partial charge in [-0.25, -0.2) is 4.98 Å². The third kappa shape index (κ3) is 2.72. The van der Waals surface area contributed by atoms with Crippen LogP contribution in [0.25, 0.3) is 27.3 Å². The maximum absolute atomic E-state index is 5.08. The Balaban J connectivity index is 1.61. The van der Waals surface area contributed by atoms with Gasteiger partial charge in [-0.05, 0) is 47.2 Å². The van der Waals surface area contributed by atoms with Crippen molar-refractivity contribution in [3.63, 3.8) is 0 Å². The molecule has 7 rings (SSSR count). The molecule has 3 heteroatoms. The molecule has 0 fully saturated rings. The van der Waals surface area contributed by atoms with E-state index in [0.29, 0.717) is 0 Å². The molecule has 1 aliphatic rings. The number of hydrogen-bond acceptors (Lipinski definition) is 2. The van der Waals surface area contributed by atoms with Gasteiger partial charge >= 0.3 is 0 Å². The molecule has 0 aliphatic carbocycles. The predicted molar refractivity (Wildman–Crippen MR) is 152 cm³/mol. The zero-order valence-electron chi connectivity index (χ0n) is 22.1. The molecule has 6 aromatic rings.